The van der Waals surface area contributed by atoms with Gasteiger partial charge in [-0.2, -0.15) is 0 Å². The lowest BCUT2D eigenvalue weighted by atomic mass is 9.93. The zero-order chi connectivity index (χ0) is 8.39. The average molecular weight is 161 g/mol. The van der Waals surface area contributed by atoms with E-state index in [1.165, 1.54) is 11.1 Å². The summed E-state index contributed by atoms with van der Waals surface area (Å²) in [5, 5.41) is 3.29. The summed E-state index contributed by atoms with van der Waals surface area (Å²) >= 11 is 0. The van der Waals surface area contributed by atoms with Gasteiger partial charge in [0.2, 0.25) is 0 Å². The number of hydrogen-bond donors (Lipinski definition) is 1. The number of rotatable bonds is 2. The Hall–Kier alpha value is -0.820. The maximum atomic E-state index is 3.29. The minimum Gasteiger partial charge on any atom is -0.315 e. The van der Waals surface area contributed by atoms with E-state index >= 15 is 0 Å². The summed E-state index contributed by atoms with van der Waals surface area (Å²) in [6.45, 7) is 4.51. The van der Waals surface area contributed by atoms with Gasteiger partial charge in [0, 0.05) is 19.0 Å². The molecule has 0 atom stereocenters. The summed E-state index contributed by atoms with van der Waals surface area (Å²) in [5.74, 6) is 0.774. The highest BCUT2D eigenvalue weighted by atomic mass is 14.9. The summed E-state index contributed by atoms with van der Waals surface area (Å²) in [5.41, 5.74) is 2.93. The van der Waals surface area contributed by atoms with Crippen molar-refractivity contribution in [1.29, 1.82) is 0 Å². The molecule has 0 saturated carbocycles. The van der Waals surface area contributed by atoms with Crippen LogP contribution in [0.4, 0.5) is 0 Å². The molecule has 0 amide bonds. The molecule has 1 heteroatoms. The van der Waals surface area contributed by atoms with E-state index in [1.54, 1.807) is 0 Å². The Morgan fingerprint density at radius 2 is 1.92 bits per heavy atom. The van der Waals surface area contributed by atoms with E-state index in [0.29, 0.717) is 0 Å². The van der Waals surface area contributed by atoms with Crippen molar-refractivity contribution >= 4 is 0 Å². The SMILES string of the molecule is CCc1ccc(C2CNC2)cc1. The van der Waals surface area contributed by atoms with Crippen LogP contribution in [0.25, 0.3) is 0 Å². The first-order chi connectivity index (χ1) is 5.90. The number of nitrogens with one attached hydrogen (secondary N) is 1. The molecule has 64 valence electrons. The van der Waals surface area contributed by atoms with Crippen molar-refractivity contribution in [3.05, 3.63) is 35.4 Å². The largest absolute Gasteiger partial charge is 0.315 e. The highest BCUT2D eigenvalue weighted by molar-refractivity contribution is 5.27. The molecule has 2 rings (SSSR count). The number of hydrogen-bond acceptors (Lipinski definition) is 1. The molecular weight excluding hydrogens is 146 g/mol. The zero-order valence-corrected chi connectivity index (χ0v) is 7.51. The Morgan fingerprint density at radius 3 is 2.33 bits per heavy atom. The van der Waals surface area contributed by atoms with Gasteiger partial charge in [-0.3, -0.25) is 0 Å². The standard InChI is InChI=1S/C11H15N/c1-2-9-3-5-10(6-4-9)11-7-12-8-11/h3-6,11-12H,2,7-8H2,1H3. The Kier molecular flexibility index (Phi) is 2.13. The van der Waals surface area contributed by atoms with E-state index in [-0.39, 0.29) is 0 Å². The first-order valence-corrected chi connectivity index (χ1v) is 4.69. The van der Waals surface area contributed by atoms with Gasteiger partial charge >= 0.3 is 0 Å². The van der Waals surface area contributed by atoms with Crippen LogP contribution in [-0.2, 0) is 6.42 Å². The summed E-state index contributed by atoms with van der Waals surface area (Å²) < 4.78 is 0. The summed E-state index contributed by atoms with van der Waals surface area (Å²) in [7, 11) is 0. The Labute approximate surface area is 73.8 Å². The molecule has 0 radical (unpaired) electrons. The van der Waals surface area contributed by atoms with Gasteiger partial charge < -0.3 is 5.32 Å². The molecule has 0 bridgehead atoms. The molecule has 1 aliphatic heterocycles. The summed E-state index contributed by atoms with van der Waals surface area (Å²) in [4.78, 5) is 0. The molecule has 0 aromatic heterocycles. The third kappa shape index (κ3) is 1.37. The molecular formula is C11H15N. The molecule has 1 aromatic rings. The lowest BCUT2D eigenvalue weighted by Gasteiger charge is -2.27. The van der Waals surface area contributed by atoms with E-state index in [4.69, 9.17) is 0 Å². The summed E-state index contributed by atoms with van der Waals surface area (Å²) in [6.07, 6.45) is 1.14. The van der Waals surface area contributed by atoms with Crippen LogP contribution >= 0.6 is 0 Å². The molecule has 0 spiro atoms. The van der Waals surface area contributed by atoms with Crippen LogP contribution in [0.2, 0.25) is 0 Å². The molecule has 0 aliphatic carbocycles. The first kappa shape index (κ1) is 7.81. The fraction of sp³-hybridized carbons (Fsp3) is 0.455. The van der Waals surface area contributed by atoms with Gasteiger partial charge in [0.25, 0.3) is 0 Å². The van der Waals surface area contributed by atoms with Crippen LogP contribution in [0.5, 0.6) is 0 Å². The number of benzene rings is 1. The second-order valence-electron chi connectivity index (χ2n) is 3.45. The van der Waals surface area contributed by atoms with Crippen molar-refractivity contribution in [3.8, 4) is 0 Å². The third-order valence-corrected chi connectivity index (χ3v) is 2.64. The fourth-order valence-corrected chi connectivity index (χ4v) is 1.55. The third-order valence-electron chi connectivity index (χ3n) is 2.64. The molecule has 1 aromatic carbocycles. The first-order valence-electron chi connectivity index (χ1n) is 4.69. The van der Waals surface area contributed by atoms with Gasteiger partial charge in [0.15, 0.2) is 0 Å². The molecule has 1 aliphatic rings. The molecule has 1 heterocycles. The summed E-state index contributed by atoms with van der Waals surface area (Å²) in [6, 6.07) is 9.02. The van der Waals surface area contributed by atoms with Gasteiger partial charge in [0.05, 0.1) is 0 Å². The molecule has 1 fully saturated rings. The molecule has 1 N–H and O–H groups in total. The van der Waals surface area contributed by atoms with Crippen molar-refractivity contribution in [3.63, 3.8) is 0 Å². The van der Waals surface area contributed by atoms with Crippen molar-refractivity contribution < 1.29 is 0 Å². The Bertz CT molecular complexity index is 246. The van der Waals surface area contributed by atoms with Crippen LogP contribution in [0.3, 0.4) is 0 Å². The van der Waals surface area contributed by atoms with Gasteiger partial charge in [-0.05, 0) is 17.5 Å². The second kappa shape index (κ2) is 3.28. The van der Waals surface area contributed by atoms with E-state index in [9.17, 15) is 0 Å². The zero-order valence-electron chi connectivity index (χ0n) is 7.51. The van der Waals surface area contributed by atoms with Crippen molar-refractivity contribution in [2.45, 2.75) is 19.3 Å². The monoisotopic (exact) mass is 161 g/mol. The maximum Gasteiger partial charge on any atom is 0.00885 e. The maximum absolute atomic E-state index is 3.29. The molecule has 1 saturated heterocycles. The highest BCUT2D eigenvalue weighted by Crippen LogP contribution is 2.19. The Morgan fingerprint density at radius 1 is 1.25 bits per heavy atom. The van der Waals surface area contributed by atoms with Crippen molar-refractivity contribution in [2.24, 2.45) is 0 Å². The van der Waals surface area contributed by atoms with Crippen LogP contribution in [0.15, 0.2) is 24.3 Å². The molecule has 12 heavy (non-hydrogen) atoms. The Balaban J connectivity index is 2.13. The minimum absolute atomic E-state index is 0.774. The lowest BCUT2D eigenvalue weighted by Crippen LogP contribution is -2.39. The van der Waals surface area contributed by atoms with Gasteiger partial charge in [-0.1, -0.05) is 31.2 Å². The van der Waals surface area contributed by atoms with Crippen molar-refractivity contribution in [2.75, 3.05) is 13.1 Å². The van der Waals surface area contributed by atoms with E-state index < -0.39 is 0 Å². The number of aryl methyl sites for hydroxylation is 1. The highest BCUT2D eigenvalue weighted by Gasteiger charge is 2.17. The van der Waals surface area contributed by atoms with E-state index in [0.717, 1.165) is 25.4 Å². The van der Waals surface area contributed by atoms with E-state index in [2.05, 4.69) is 36.5 Å². The second-order valence-corrected chi connectivity index (χ2v) is 3.45. The van der Waals surface area contributed by atoms with Gasteiger partial charge in [0.1, 0.15) is 0 Å². The van der Waals surface area contributed by atoms with Crippen molar-refractivity contribution in [1.82, 2.24) is 5.32 Å². The predicted molar refractivity (Wildman–Crippen MR) is 51.4 cm³/mol. The molecule has 0 unspecified atom stereocenters. The minimum atomic E-state index is 0.774. The normalized spacial score (nSPS) is 17.4. The van der Waals surface area contributed by atoms with Crippen LogP contribution in [0, 0.1) is 0 Å². The smallest absolute Gasteiger partial charge is 0.00885 e. The lowest BCUT2D eigenvalue weighted by molar-refractivity contribution is 0.448. The van der Waals surface area contributed by atoms with Crippen LogP contribution < -0.4 is 5.32 Å². The van der Waals surface area contributed by atoms with E-state index in [1.807, 2.05) is 0 Å². The van der Waals surface area contributed by atoms with Gasteiger partial charge in [-0.25, -0.2) is 0 Å². The van der Waals surface area contributed by atoms with Gasteiger partial charge in [-0.15, -0.1) is 0 Å². The fourth-order valence-electron chi connectivity index (χ4n) is 1.55. The quantitative estimate of drug-likeness (QED) is 0.699. The van der Waals surface area contributed by atoms with Crippen LogP contribution in [0.1, 0.15) is 24.0 Å². The topological polar surface area (TPSA) is 12.0 Å². The predicted octanol–water partition coefficient (Wildman–Crippen LogP) is 1.94. The van der Waals surface area contributed by atoms with Crippen LogP contribution in [-0.4, -0.2) is 13.1 Å². The molecule has 1 nitrogen and oxygen atoms in total. The average Bonchev–Trinajstić information content (AvgIpc) is 2.03.